The zero-order valence-electron chi connectivity index (χ0n) is 15.4. The lowest BCUT2D eigenvalue weighted by Gasteiger charge is -2.31. The Kier molecular flexibility index (Phi) is 5.54. The average molecular weight is 414 g/mol. The molecule has 3 aromatic rings. The van der Waals surface area contributed by atoms with Gasteiger partial charge < -0.3 is 10.2 Å². The van der Waals surface area contributed by atoms with Crippen molar-refractivity contribution in [2.45, 2.75) is 19.8 Å². The highest BCUT2D eigenvalue weighted by molar-refractivity contribution is 7.14. The Bertz CT molecular complexity index is 949. The Morgan fingerprint density at radius 1 is 1.14 bits per heavy atom. The minimum absolute atomic E-state index is 0.0248. The van der Waals surface area contributed by atoms with E-state index in [2.05, 4.69) is 44.5 Å². The SMILES string of the molecule is Cc1ccc(-c2csc(NC(=O)C3CCN(c4ccc(Cl)nn4)CC3)n2)cc1. The molecule has 8 heteroatoms. The molecule has 1 aliphatic rings. The quantitative estimate of drug-likeness (QED) is 0.685. The first-order chi connectivity index (χ1) is 13.6. The number of nitrogens with one attached hydrogen (secondary N) is 1. The maximum Gasteiger partial charge on any atom is 0.229 e. The first-order valence-electron chi connectivity index (χ1n) is 9.16. The molecule has 1 amide bonds. The number of aryl methyl sites for hydroxylation is 1. The van der Waals surface area contributed by atoms with Crippen molar-refractivity contribution in [2.24, 2.45) is 5.92 Å². The summed E-state index contributed by atoms with van der Waals surface area (Å²) in [6.07, 6.45) is 1.54. The Balaban J connectivity index is 1.33. The fourth-order valence-electron chi connectivity index (χ4n) is 3.24. The number of benzene rings is 1. The van der Waals surface area contributed by atoms with E-state index in [1.807, 2.05) is 23.6 Å². The van der Waals surface area contributed by atoms with E-state index < -0.39 is 0 Å². The molecule has 1 aliphatic heterocycles. The van der Waals surface area contributed by atoms with E-state index in [9.17, 15) is 4.79 Å². The normalized spacial score (nSPS) is 14.9. The maximum atomic E-state index is 12.6. The predicted octanol–water partition coefficient (Wildman–Crippen LogP) is 4.42. The van der Waals surface area contributed by atoms with Crippen LogP contribution in [0.15, 0.2) is 41.8 Å². The lowest BCUT2D eigenvalue weighted by atomic mass is 9.96. The van der Waals surface area contributed by atoms with Crippen LogP contribution in [0.25, 0.3) is 11.3 Å². The molecule has 0 spiro atoms. The Labute approximate surface area is 172 Å². The molecule has 0 aliphatic carbocycles. The van der Waals surface area contributed by atoms with Crippen molar-refractivity contribution in [1.29, 1.82) is 0 Å². The number of nitrogens with zero attached hydrogens (tertiary/aromatic N) is 4. The van der Waals surface area contributed by atoms with Gasteiger partial charge in [-0.2, -0.15) is 0 Å². The maximum absolute atomic E-state index is 12.6. The summed E-state index contributed by atoms with van der Waals surface area (Å²) >= 11 is 7.25. The van der Waals surface area contributed by atoms with Crippen LogP contribution in [-0.4, -0.2) is 34.2 Å². The number of hydrogen-bond donors (Lipinski definition) is 1. The van der Waals surface area contributed by atoms with Crippen LogP contribution in [0.5, 0.6) is 0 Å². The van der Waals surface area contributed by atoms with Gasteiger partial charge in [-0.3, -0.25) is 4.79 Å². The molecule has 3 heterocycles. The molecule has 1 fully saturated rings. The smallest absolute Gasteiger partial charge is 0.229 e. The third-order valence-electron chi connectivity index (χ3n) is 4.89. The number of halogens is 1. The van der Waals surface area contributed by atoms with Gasteiger partial charge in [0.2, 0.25) is 5.91 Å². The van der Waals surface area contributed by atoms with Crippen LogP contribution in [0, 0.1) is 12.8 Å². The van der Waals surface area contributed by atoms with Crippen LogP contribution in [0.3, 0.4) is 0 Å². The summed E-state index contributed by atoms with van der Waals surface area (Å²) in [5.74, 6) is 0.806. The molecule has 1 saturated heterocycles. The number of rotatable bonds is 4. The van der Waals surface area contributed by atoms with E-state index >= 15 is 0 Å². The number of carbonyl (C=O) groups is 1. The van der Waals surface area contributed by atoms with E-state index in [0.29, 0.717) is 10.3 Å². The highest BCUT2D eigenvalue weighted by atomic mass is 35.5. The summed E-state index contributed by atoms with van der Waals surface area (Å²) in [5, 5.41) is 14.0. The number of anilines is 2. The van der Waals surface area contributed by atoms with Crippen molar-refractivity contribution in [3.63, 3.8) is 0 Å². The molecule has 144 valence electrons. The van der Waals surface area contributed by atoms with E-state index in [1.54, 1.807) is 6.07 Å². The molecule has 28 heavy (non-hydrogen) atoms. The Hall–Kier alpha value is -2.51. The highest BCUT2D eigenvalue weighted by Crippen LogP contribution is 2.27. The van der Waals surface area contributed by atoms with Gasteiger partial charge in [0.25, 0.3) is 0 Å². The lowest BCUT2D eigenvalue weighted by Crippen LogP contribution is -2.38. The van der Waals surface area contributed by atoms with Crippen LogP contribution in [-0.2, 0) is 4.79 Å². The summed E-state index contributed by atoms with van der Waals surface area (Å²) in [4.78, 5) is 19.3. The fourth-order valence-corrected chi connectivity index (χ4v) is 4.07. The van der Waals surface area contributed by atoms with E-state index in [0.717, 1.165) is 43.0 Å². The van der Waals surface area contributed by atoms with E-state index in [4.69, 9.17) is 11.6 Å². The molecule has 6 nitrogen and oxygen atoms in total. The van der Waals surface area contributed by atoms with Gasteiger partial charge in [-0.15, -0.1) is 21.5 Å². The molecule has 2 aromatic heterocycles. The largest absolute Gasteiger partial charge is 0.355 e. The topological polar surface area (TPSA) is 71.0 Å². The summed E-state index contributed by atoms with van der Waals surface area (Å²) in [6.45, 7) is 3.59. The van der Waals surface area contributed by atoms with Crippen LogP contribution < -0.4 is 10.2 Å². The summed E-state index contributed by atoms with van der Waals surface area (Å²) in [7, 11) is 0. The van der Waals surface area contributed by atoms with Gasteiger partial charge in [0.15, 0.2) is 16.1 Å². The second-order valence-corrected chi connectivity index (χ2v) is 8.11. The minimum Gasteiger partial charge on any atom is -0.355 e. The number of hydrogen-bond acceptors (Lipinski definition) is 6. The number of piperidine rings is 1. The minimum atomic E-state index is -0.0248. The standard InChI is InChI=1S/C20H20ClN5OS/c1-13-2-4-14(5-3-13)16-12-28-20(22-16)23-19(27)15-8-10-26(11-9-15)18-7-6-17(21)24-25-18/h2-7,12,15H,8-11H2,1H3,(H,22,23,27). The van der Waals surface area contributed by atoms with Crippen molar-refractivity contribution < 1.29 is 4.79 Å². The zero-order chi connectivity index (χ0) is 19.5. The van der Waals surface area contributed by atoms with Gasteiger partial charge in [-0.05, 0) is 31.9 Å². The van der Waals surface area contributed by atoms with Crippen molar-refractivity contribution in [2.75, 3.05) is 23.3 Å². The average Bonchev–Trinajstić information content (AvgIpc) is 3.18. The lowest BCUT2D eigenvalue weighted by molar-refractivity contribution is -0.120. The molecule has 0 bridgehead atoms. The van der Waals surface area contributed by atoms with Crippen LogP contribution >= 0.6 is 22.9 Å². The number of aromatic nitrogens is 3. The van der Waals surface area contributed by atoms with Crippen LogP contribution in [0.1, 0.15) is 18.4 Å². The predicted molar refractivity (Wildman–Crippen MR) is 113 cm³/mol. The summed E-state index contributed by atoms with van der Waals surface area (Å²) < 4.78 is 0. The number of carbonyl (C=O) groups excluding carboxylic acids is 1. The molecule has 4 rings (SSSR count). The van der Waals surface area contributed by atoms with Gasteiger partial charge in [-0.1, -0.05) is 41.4 Å². The van der Waals surface area contributed by atoms with E-state index in [1.165, 1.54) is 16.9 Å². The second kappa shape index (κ2) is 8.24. The van der Waals surface area contributed by atoms with Crippen molar-refractivity contribution in [1.82, 2.24) is 15.2 Å². The third-order valence-corrected chi connectivity index (χ3v) is 5.85. The second-order valence-electron chi connectivity index (χ2n) is 6.87. The molecular formula is C20H20ClN5OS. The van der Waals surface area contributed by atoms with E-state index in [-0.39, 0.29) is 11.8 Å². The van der Waals surface area contributed by atoms with Gasteiger partial charge >= 0.3 is 0 Å². The summed E-state index contributed by atoms with van der Waals surface area (Å²) in [5.41, 5.74) is 3.15. The van der Waals surface area contributed by atoms with Crippen molar-refractivity contribution in [3.05, 3.63) is 52.5 Å². The highest BCUT2D eigenvalue weighted by Gasteiger charge is 2.26. The Morgan fingerprint density at radius 3 is 2.57 bits per heavy atom. The van der Waals surface area contributed by atoms with Crippen molar-refractivity contribution >= 4 is 39.8 Å². The van der Waals surface area contributed by atoms with Gasteiger partial charge in [0.05, 0.1) is 5.69 Å². The van der Waals surface area contributed by atoms with Crippen molar-refractivity contribution in [3.8, 4) is 11.3 Å². The molecule has 0 radical (unpaired) electrons. The first-order valence-corrected chi connectivity index (χ1v) is 10.4. The number of thiazole rings is 1. The van der Waals surface area contributed by atoms with Gasteiger partial charge in [0, 0.05) is 30.0 Å². The monoisotopic (exact) mass is 413 g/mol. The van der Waals surface area contributed by atoms with Crippen LogP contribution in [0.2, 0.25) is 5.15 Å². The molecule has 0 atom stereocenters. The molecule has 1 aromatic carbocycles. The van der Waals surface area contributed by atoms with Gasteiger partial charge in [-0.25, -0.2) is 4.98 Å². The zero-order valence-corrected chi connectivity index (χ0v) is 17.0. The van der Waals surface area contributed by atoms with Crippen LogP contribution in [0.4, 0.5) is 10.9 Å². The third kappa shape index (κ3) is 4.31. The Morgan fingerprint density at radius 2 is 1.89 bits per heavy atom. The molecular weight excluding hydrogens is 394 g/mol. The molecule has 0 unspecified atom stereocenters. The first kappa shape index (κ1) is 18.8. The fraction of sp³-hybridized carbons (Fsp3) is 0.300. The molecule has 1 N–H and O–H groups in total. The molecule has 0 saturated carbocycles. The van der Waals surface area contributed by atoms with Gasteiger partial charge in [0.1, 0.15) is 0 Å². The summed E-state index contributed by atoms with van der Waals surface area (Å²) in [6, 6.07) is 11.8. The number of amides is 1.